The molecule has 48 heavy (non-hydrogen) atoms. The highest BCUT2D eigenvalue weighted by atomic mass is 15.4. The number of hydrogen-bond acceptors (Lipinski definition) is 4. The lowest BCUT2D eigenvalue weighted by Gasteiger charge is -2.27. The van der Waals surface area contributed by atoms with Crippen molar-refractivity contribution >= 4 is 55.9 Å². The van der Waals surface area contributed by atoms with Gasteiger partial charge in [-0.2, -0.15) is 0 Å². The van der Waals surface area contributed by atoms with Crippen LogP contribution in [-0.2, 0) is 0 Å². The van der Waals surface area contributed by atoms with Crippen LogP contribution >= 0.6 is 0 Å². The standard InChI is InChI=1S/C43H33N5/c1-45-30-46(41-22-11-10-21-40(41)45)34-17-12-18-35(28-34)47(33-15-6-3-7-16-33)36-23-24-38-37-19-8-9-20-39(37)48(42(38)29-36)43-27-32(25-26-44-43)31-13-4-2-5-14-31/h2-29H,30H2,1H3/i1D3. The molecule has 5 nitrogen and oxygen atoms in total. The summed E-state index contributed by atoms with van der Waals surface area (Å²) < 4.78 is 26.9. The maximum Gasteiger partial charge on any atom is 0.138 e. The maximum absolute atomic E-state index is 8.21. The molecule has 0 aliphatic carbocycles. The van der Waals surface area contributed by atoms with Crippen molar-refractivity contribution in [1.29, 1.82) is 0 Å². The van der Waals surface area contributed by atoms with Gasteiger partial charge in [0.25, 0.3) is 0 Å². The SMILES string of the molecule is [2H]C([2H])([2H])N1CN(c2cccc(N(c3ccccc3)c3ccc4c5ccccc5n(-c5cc(-c6ccccc6)ccn5)c4c3)c2)c2ccccc21. The van der Waals surface area contributed by atoms with Crippen molar-refractivity contribution in [3.05, 3.63) is 170 Å². The summed E-state index contributed by atoms with van der Waals surface area (Å²) >= 11 is 0. The van der Waals surface area contributed by atoms with Gasteiger partial charge in [-0.05, 0) is 83.9 Å². The Morgan fingerprint density at radius 1 is 0.562 bits per heavy atom. The van der Waals surface area contributed by atoms with E-state index >= 15 is 0 Å². The number of fused-ring (bicyclic) bond motifs is 4. The average Bonchev–Trinajstić information content (AvgIpc) is 3.73. The smallest absolute Gasteiger partial charge is 0.138 e. The van der Waals surface area contributed by atoms with E-state index in [4.69, 9.17) is 9.10 Å². The van der Waals surface area contributed by atoms with Gasteiger partial charge in [-0.15, -0.1) is 0 Å². The third-order valence-corrected chi connectivity index (χ3v) is 9.16. The van der Waals surface area contributed by atoms with Crippen LogP contribution in [0.1, 0.15) is 4.11 Å². The second-order valence-electron chi connectivity index (χ2n) is 12.0. The lowest BCUT2D eigenvalue weighted by Crippen LogP contribution is -2.24. The van der Waals surface area contributed by atoms with E-state index in [1.165, 1.54) is 4.90 Å². The van der Waals surface area contributed by atoms with Gasteiger partial charge in [-0.3, -0.25) is 4.57 Å². The number of rotatable bonds is 6. The van der Waals surface area contributed by atoms with Crippen LogP contribution < -0.4 is 14.7 Å². The number of hydrogen-bond donors (Lipinski definition) is 0. The monoisotopic (exact) mass is 622 g/mol. The molecule has 0 radical (unpaired) electrons. The summed E-state index contributed by atoms with van der Waals surface area (Å²) in [6.07, 6.45) is 1.88. The zero-order chi connectivity index (χ0) is 34.5. The molecule has 0 fully saturated rings. The van der Waals surface area contributed by atoms with E-state index < -0.39 is 6.98 Å². The highest BCUT2D eigenvalue weighted by Gasteiger charge is 2.25. The predicted molar refractivity (Wildman–Crippen MR) is 201 cm³/mol. The Bertz CT molecular complexity index is 2530. The third kappa shape index (κ3) is 4.67. The van der Waals surface area contributed by atoms with Crippen LogP contribution in [0.4, 0.5) is 34.1 Å². The second-order valence-corrected chi connectivity index (χ2v) is 12.0. The molecule has 2 aromatic heterocycles. The number of nitrogens with zero attached hydrogens (tertiary/aromatic N) is 5. The summed E-state index contributed by atoms with van der Waals surface area (Å²) in [7, 11) is 0. The molecule has 0 amide bonds. The van der Waals surface area contributed by atoms with Crippen LogP contribution in [0.25, 0.3) is 38.8 Å². The first-order chi connectivity index (χ1) is 24.9. The molecule has 5 heteroatoms. The molecule has 9 rings (SSSR count). The van der Waals surface area contributed by atoms with E-state index in [-0.39, 0.29) is 6.67 Å². The number of anilines is 6. The van der Waals surface area contributed by atoms with E-state index in [0.29, 0.717) is 5.69 Å². The van der Waals surface area contributed by atoms with Crippen molar-refractivity contribution in [3.8, 4) is 16.9 Å². The molecule has 0 saturated carbocycles. The van der Waals surface area contributed by atoms with Gasteiger partial charge in [0.05, 0.1) is 29.1 Å². The summed E-state index contributed by atoms with van der Waals surface area (Å²) in [5, 5.41) is 2.30. The minimum atomic E-state index is -2.26. The van der Waals surface area contributed by atoms with Gasteiger partial charge in [0, 0.05) is 50.8 Å². The van der Waals surface area contributed by atoms with E-state index in [2.05, 4.69) is 117 Å². The van der Waals surface area contributed by atoms with Gasteiger partial charge in [-0.1, -0.05) is 91.0 Å². The summed E-state index contributed by atoms with van der Waals surface area (Å²) in [6.45, 7) is -2.03. The largest absolute Gasteiger partial charge is 0.355 e. The zero-order valence-corrected chi connectivity index (χ0v) is 26.1. The topological polar surface area (TPSA) is 27.5 Å². The summed E-state index contributed by atoms with van der Waals surface area (Å²) in [4.78, 5) is 10.7. The number of pyridine rings is 1. The molecular weight excluding hydrogens is 587 g/mol. The molecule has 0 saturated heterocycles. The summed E-state index contributed by atoms with van der Waals surface area (Å²) in [5.41, 5.74) is 9.80. The molecule has 0 N–H and O–H groups in total. The van der Waals surface area contributed by atoms with E-state index in [0.717, 1.165) is 67.2 Å². The lowest BCUT2D eigenvalue weighted by atomic mass is 10.1. The fraction of sp³-hybridized carbons (Fsp3) is 0.0465. The fourth-order valence-electron chi connectivity index (χ4n) is 6.96. The van der Waals surface area contributed by atoms with Crippen LogP contribution in [0, 0.1) is 0 Å². The molecule has 1 aliphatic heterocycles. The molecule has 6 aromatic carbocycles. The predicted octanol–water partition coefficient (Wildman–Crippen LogP) is 10.9. The van der Waals surface area contributed by atoms with Gasteiger partial charge >= 0.3 is 0 Å². The molecule has 0 atom stereocenters. The van der Waals surface area contributed by atoms with E-state index in [1.807, 2.05) is 66.9 Å². The molecule has 230 valence electrons. The first-order valence-electron chi connectivity index (χ1n) is 17.6. The Hall–Kier alpha value is -6.33. The van der Waals surface area contributed by atoms with Crippen LogP contribution in [0.3, 0.4) is 0 Å². The van der Waals surface area contributed by atoms with Gasteiger partial charge in [0.15, 0.2) is 0 Å². The molecule has 0 bridgehead atoms. The second kappa shape index (κ2) is 11.5. The molecule has 0 unspecified atom stereocenters. The van der Waals surface area contributed by atoms with Crippen LogP contribution in [0.15, 0.2) is 170 Å². The Morgan fingerprint density at radius 2 is 1.27 bits per heavy atom. The summed E-state index contributed by atoms with van der Waals surface area (Å²) in [6, 6.07) is 56.1. The first-order valence-corrected chi connectivity index (χ1v) is 16.1. The van der Waals surface area contributed by atoms with Crippen molar-refractivity contribution < 1.29 is 4.11 Å². The number of para-hydroxylation sites is 4. The van der Waals surface area contributed by atoms with Crippen molar-refractivity contribution in [3.63, 3.8) is 0 Å². The normalized spacial score (nSPS) is 13.7. The Labute approximate surface area is 284 Å². The lowest BCUT2D eigenvalue weighted by molar-refractivity contribution is 0.949. The van der Waals surface area contributed by atoms with E-state index in [1.54, 1.807) is 0 Å². The van der Waals surface area contributed by atoms with Crippen LogP contribution in [0.2, 0.25) is 0 Å². The number of aromatic nitrogens is 2. The molecular formula is C43H33N5. The Balaban J connectivity index is 1.20. The third-order valence-electron chi connectivity index (χ3n) is 9.16. The molecule has 1 aliphatic rings. The summed E-state index contributed by atoms with van der Waals surface area (Å²) in [5.74, 6) is 0.847. The van der Waals surface area contributed by atoms with Crippen LogP contribution in [-0.4, -0.2) is 23.2 Å². The molecule has 0 spiro atoms. The zero-order valence-electron chi connectivity index (χ0n) is 29.1. The Morgan fingerprint density at radius 3 is 2.12 bits per heavy atom. The quantitative estimate of drug-likeness (QED) is 0.184. The van der Waals surface area contributed by atoms with Crippen molar-refractivity contribution in [1.82, 2.24) is 9.55 Å². The first kappa shape index (κ1) is 24.8. The molecule has 3 heterocycles. The van der Waals surface area contributed by atoms with Gasteiger partial charge in [0.2, 0.25) is 0 Å². The van der Waals surface area contributed by atoms with Crippen molar-refractivity contribution in [2.75, 3.05) is 28.3 Å². The highest BCUT2D eigenvalue weighted by molar-refractivity contribution is 6.10. The molecule has 8 aromatic rings. The van der Waals surface area contributed by atoms with Crippen molar-refractivity contribution in [2.45, 2.75) is 0 Å². The van der Waals surface area contributed by atoms with Gasteiger partial charge < -0.3 is 14.7 Å². The number of benzene rings is 6. The van der Waals surface area contributed by atoms with Crippen LogP contribution in [0.5, 0.6) is 0 Å². The minimum absolute atomic E-state index is 0.228. The average molecular weight is 623 g/mol. The Kier molecular flexibility index (Phi) is 5.94. The van der Waals surface area contributed by atoms with Gasteiger partial charge in [0.1, 0.15) is 5.82 Å². The van der Waals surface area contributed by atoms with Gasteiger partial charge in [-0.25, -0.2) is 4.98 Å². The van der Waals surface area contributed by atoms with E-state index in [9.17, 15) is 0 Å². The maximum atomic E-state index is 8.21. The highest BCUT2D eigenvalue weighted by Crippen LogP contribution is 2.43. The fourth-order valence-corrected chi connectivity index (χ4v) is 6.96. The minimum Gasteiger partial charge on any atom is -0.355 e. The van der Waals surface area contributed by atoms with Crippen molar-refractivity contribution in [2.24, 2.45) is 0 Å².